The Labute approximate surface area is 71.8 Å². The molecule has 0 aliphatic carbocycles. The maximum Gasteiger partial charge on any atom is 0.144 e. The first-order chi connectivity index (χ1) is 5.81. The molecular formula is C9H12N2O. The van der Waals surface area contributed by atoms with Crippen LogP contribution in [0.5, 0.6) is 0 Å². The third-order valence-corrected chi connectivity index (χ3v) is 1.72. The van der Waals surface area contributed by atoms with Crippen molar-refractivity contribution in [2.75, 3.05) is 6.54 Å². The number of nitrogens with one attached hydrogen (secondary N) is 2. The van der Waals surface area contributed by atoms with Crippen LogP contribution in [0.2, 0.25) is 0 Å². The summed E-state index contributed by atoms with van der Waals surface area (Å²) in [5.74, 6) is 0. The molecule has 0 saturated heterocycles. The number of rotatable bonds is 3. The molecule has 0 amide bonds. The maximum absolute atomic E-state index is 10.4. The van der Waals surface area contributed by atoms with E-state index in [4.69, 9.17) is 0 Å². The lowest BCUT2D eigenvalue weighted by Crippen LogP contribution is -2.44. The van der Waals surface area contributed by atoms with E-state index in [2.05, 4.69) is 23.8 Å². The van der Waals surface area contributed by atoms with Crippen LogP contribution < -0.4 is 10.6 Å². The number of carbonyl (C=O) groups excluding carboxylic acids is 1. The van der Waals surface area contributed by atoms with Crippen molar-refractivity contribution >= 4 is 6.29 Å². The van der Waals surface area contributed by atoms with Gasteiger partial charge in [0.25, 0.3) is 0 Å². The van der Waals surface area contributed by atoms with E-state index in [1.54, 1.807) is 12.2 Å². The number of aldehydes is 1. The van der Waals surface area contributed by atoms with Gasteiger partial charge in [-0.2, -0.15) is 0 Å². The van der Waals surface area contributed by atoms with Gasteiger partial charge >= 0.3 is 0 Å². The SMILES string of the molecule is C=CC1=C(C=C)NC(C=O)CN1. The Kier molecular flexibility index (Phi) is 2.69. The summed E-state index contributed by atoms with van der Waals surface area (Å²) in [5, 5.41) is 6.08. The van der Waals surface area contributed by atoms with Crippen LogP contribution in [0.4, 0.5) is 0 Å². The topological polar surface area (TPSA) is 41.1 Å². The van der Waals surface area contributed by atoms with Gasteiger partial charge in [0.2, 0.25) is 0 Å². The van der Waals surface area contributed by atoms with Crippen molar-refractivity contribution < 1.29 is 4.79 Å². The standard InChI is InChI=1S/C9H12N2O/c1-3-8-9(4-2)11-7(6-12)5-10-8/h3-4,6-7,10-11H,1-2,5H2. The van der Waals surface area contributed by atoms with E-state index in [0.717, 1.165) is 17.7 Å². The fourth-order valence-corrected chi connectivity index (χ4v) is 1.08. The summed E-state index contributed by atoms with van der Waals surface area (Å²) >= 11 is 0. The van der Waals surface area contributed by atoms with Crippen LogP contribution in [0.3, 0.4) is 0 Å². The first kappa shape index (κ1) is 8.59. The zero-order chi connectivity index (χ0) is 8.97. The van der Waals surface area contributed by atoms with Crippen LogP contribution in [0.25, 0.3) is 0 Å². The van der Waals surface area contributed by atoms with Gasteiger partial charge in [0.15, 0.2) is 0 Å². The average Bonchev–Trinajstić information content (AvgIpc) is 2.16. The fraction of sp³-hybridized carbons (Fsp3) is 0.222. The molecule has 0 aromatic rings. The van der Waals surface area contributed by atoms with E-state index in [1.165, 1.54) is 0 Å². The lowest BCUT2D eigenvalue weighted by atomic mass is 10.2. The van der Waals surface area contributed by atoms with Crippen molar-refractivity contribution in [1.29, 1.82) is 0 Å². The molecule has 0 fully saturated rings. The Morgan fingerprint density at radius 3 is 2.50 bits per heavy atom. The van der Waals surface area contributed by atoms with Gasteiger partial charge in [-0.25, -0.2) is 0 Å². The van der Waals surface area contributed by atoms with Gasteiger partial charge in [0.05, 0.1) is 17.4 Å². The third-order valence-electron chi connectivity index (χ3n) is 1.72. The first-order valence-electron chi connectivity index (χ1n) is 3.76. The van der Waals surface area contributed by atoms with Crippen LogP contribution in [-0.2, 0) is 4.79 Å². The Hall–Kier alpha value is -1.51. The molecule has 0 radical (unpaired) electrons. The highest BCUT2D eigenvalue weighted by Gasteiger charge is 2.14. The normalized spacial score (nSPS) is 22.2. The zero-order valence-corrected chi connectivity index (χ0v) is 6.84. The molecule has 0 saturated carbocycles. The van der Waals surface area contributed by atoms with E-state index in [1.807, 2.05) is 0 Å². The zero-order valence-electron chi connectivity index (χ0n) is 6.84. The quantitative estimate of drug-likeness (QED) is 0.591. The molecule has 3 heteroatoms. The molecule has 12 heavy (non-hydrogen) atoms. The molecule has 1 rings (SSSR count). The highest BCUT2D eigenvalue weighted by Crippen LogP contribution is 2.05. The van der Waals surface area contributed by atoms with Gasteiger partial charge in [0, 0.05) is 6.54 Å². The molecule has 0 spiro atoms. The Balaban J connectivity index is 2.82. The summed E-state index contributed by atoms with van der Waals surface area (Å²) < 4.78 is 0. The van der Waals surface area contributed by atoms with Crippen LogP contribution in [0, 0.1) is 0 Å². The number of allylic oxidation sites excluding steroid dienone is 2. The summed E-state index contributed by atoms with van der Waals surface area (Å²) in [6, 6.07) is -0.165. The summed E-state index contributed by atoms with van der Waals surface area (Å²) in [6.45, 7) is 7.86. The van der Waals surface area contributed by atoms with Crippen molar-refractivity contribution in [1.82, 2.24) is 10.6 Å². The van der Waals surface area contributed by atoms with Crippen molar-refractivity contribution in [3.63, 3.8) is 0 Å². The number of carbonyl (C=O) groups is 1. The first-order valence-corrected chi connectivity index (χ1v) is 3.76. The molecule has 0 bridgehead atoms. The van der Waals surface area contributed by atoms with Crippen LogP contribution in [0.1, 0.15) is 0 Å². The molecular weight excluding hydrogens is 152 g/mol. The van der Waals surface area contributed by atoms with Crippen LogP contribution in [0.15, 0.2) is 36.7 Å². The van der Waals surface area contributed by atoms with Crippen LogP contribution in [-0.4, -0.2) is 18.9 Å². The number of hydrogen-bond donors (Lipinski definition) is 2. The molecule has 1 unspecified atom stereocenters. The van der Waals surface area contributed by atoms with E-state index < -0.39 is 0 Å². The highest BCUT2D eigenvalue weighted by molar-refractivity contribution is 5.60. The molecule has 3 nitrogen and oxygen atoms in total. The van der Waals surface area contributed by atoms with E-state index in [9.17, 15) is 4.79 Å². The smallest absolute Gasteiger partial charge is 0.144 e. The molecule has 64 valence electrons. The lowest BCUT2D eigenvalue weighted by Gasteiger charge is -2.24. The second-order valence-corrected chi connectivity index (χ2v) is 2.50. The van der Waals surface area contributed by atoms with Crippen LogP contribution >= 0.6 is 0 Å². The Morgan fingerprint density at radius 1 is 1.33 bits per heavy atom. The summed E-state index contributed by atoms with van der Waals surface area (Å²) in [4.78, 5) is 10.4. The highest BCUT2D eigenvalue weighted by atomic mass is 16.1. The van der Waals surface area contributed by atoms with Crippen molar-refractivity contribution in [3.8, 4) is 0 Å². The fourth-order valence-electron chi connectivity index (χ4n) is 1.08. The van der Waals surface area contributed by atoms with Gasteiger partial charge in [-0.1, -0.05) is 13.2 Å². The second-order valence-electron chi connectivity index (χ2n) is 2.50. The molecule has 1 aliphatic heterocycles. The van der Waals surface area contributed by atoms with Gasteiger partial charge in [-0.3, -0.25) is 0 Å². The second kappa shape index (κ2) is 3.76. The van der Waals surface area contributed by atoms with E-state index >= 15 is 0 Å². The minimum atomic E-state index is -0.165. The lowest BCUT2D eigenvalue weighted by molar-refractivity contribution is -0.109. The Bertz CT molecular complexity index is 243. The van der Waals surface area contributed by atoms with Crippen molar-refractivity contribution in [3.05, 3.63) is 36.7 Å². The minimum absolute atomic E-state index is 0.165. The summed E-state index contributed by atoms with van der Waals surface area (Å²) in [6.07, 6.45) is 4.24. The summed E-state index contributed by atoms with van der Waals surface area (Å²) in [5.41, 5.74) is 1.72. The monoisotopic (exact) mass is 164 g/mol. The molecule has 0 aromatic heterocycles. The average molecular weight is 164 g/mol. The molecule has 1 atom stereocenters. The molecule has 1 aliphatic rings. The van der Waals surface area contributed by atoms with Gasteiger partial charge in [-0.05, 0) is 12.2 Å². The molecule has 2 N–H and O–H groups in total. The maximum atomic E-state index is 10.4. The molecule has 1 heterocycles. The Morgan fingerprint density at radius 2 is 2.00 bits per heavy atom. The predicted octanol–water partition coefficient (Wildman–Crippen LogP) is 0.330. The third kappa shape index (κ3) is 1.56. The number of hydrogen-bond acceptors (Lipinski definition) is 3. The van der Waals surface area contributed by atoms with Gasteiger partial charge in [-0.15, -0.1) is 0 Å². The summed E-state index contributed by atoms with van der Waals surface area (Å²) in [7, 11) is 0. The van der Waals surface area contributed by atoms with E-state index in [-0.39, 0.29) is 6.04 Å². The van der Waals surface area contributed by atoms with E-state index in [0.29, 0.717) is 6.54 Å². The minimum Gasteiger partial charge on any atom is -0.381 e. The van der Waals surface area contributed by atoms with Gasteiger partial charge in [0.1, 0.15) is 6.29 Å². The predicted molar refractivity (Wildman–Crippen MR) is 48.4 cm³/mol. The van der Waals surface area contributed by atoms with Crippen molar-refractivity contribution in [2.24, 2.45) is 0 Å². The largest absolute Gasteiger partial charge is 0.381 e. The van der Waals surface area contributed by atoms with Crippen molar-refractivity contribution in [2.45, 2.75) is 6.04 Å². The van der Waals surface area contributed by atoms with Gasteiger partial charge < -0.3 is 15.4 Å². The molecule has 0 aromatic carbocycles.